The lowest BCUT2D eigenvalue weighted by molar-refractivity contribution is -0.116. The number of carbonyl (C=O) groups is 1. The summed E-state index contributed by atoms with van der Waals surface area (Å²) in [5.41, 5.74) is 2.25. The van der Waals surface area contributed by atoms with Gasteiger partial charge < -0.3 is 5.32 Å². The van der Waals surface area contributed by atoms with Crippen molar-refractivity contribution >= 4 is 12.0 Å². The third kappa shape index (κ3) is 4.45. The van der Waals surface area contributed by atoms with Crippen molar-refractivity contribution < 1.29 is 4.79 Å². The summed E-state index contributed by atoms with van der Waals surface area (Å²) in [7, 11) is 0. The molecule has 0 heterocycles. The van der Waals surface area contributed by atoms with Crippen molar-refractivity contribution in [2.75, 3.05) is 0 Å². The standard InChI is InChI=1S/C13H17NO/c1-10(2)14-13(15)8-7-12-6-4-5-11(3)9-12/h4-10H,1-3H3,(H,14,15)/b8-7+. The topological polar surface area (TPSA) is 29.1 Å². The molecule has 1 rings (SSSR count). The monoisotopic (exact) mass is 203 g/mol. The van der Waals surface area contributed by atoms with Gasteiger partial charge in [0.1, 0.15) is 0 Å². The summed E-state index contributed by atoms with van der Waals surface area (Å²) < 4.78 is 0. The van der Waals surface area contributed by atoms with Crippen LogP contribution in [0.25, 0.3) is 6.08 Å². The summed E-state index contributed by atoms with van der Waals surface area (Å²) in [5, 5.41) is 2.80. The van der Waals surface area contributed by atoms with Crippen LogP contribution >= 0.6 is 0 Å². The van der Waals surface area contributed by atoms with Crippen LogP contribution in [0.4, 0.5) is 0 Å². The summed E-state index contributed by atoms with van der Waals surface area (Å²) in [6, 6.07) is 8.21. The van der Waals surface area contributed by atoms with Crippen molar-refractivity contribution in [2.45, 2.75) is 26.8 Å². The fourth-order valence-corrected chi connectivity index (χ4v) is 1.28. The molecule has 80 valence electrons. The van der Waals surface area contributed by atoms with Crippen LogP contribution in [0, 0.1) is 6.92 Å². The van der Waals surface area contributed by atoms with Gasteiger partial charge in [-0.15, -0.1) is 0 Å². The quantitative estimate of drug-likeness (QED) is 0.751. The van der Waals surface area contributed by atoms with Gasteiger partial charge in [0.15, 0.2) is 0 Å². The van der Waals surface area contributed by atoms with Crippen LogP contribution in [0.5, 0.6) is 0 Å². The van der Waals surface area contributed by atoms with Gasteiger partial charge in [0.25, 0.3) is 0 Å². The Morgan fingerprint density at radius 2 is 2.13 bits per heavy atom. The van der Waals surface area contributed by atoms with Gasteiger partial charge in [0, 0.05) is 12.1 Å². The van der Waals surface area contributed by atoms with E-state index in [4.69, 9.17) is 0 Å². The second-order valence-corrected chi connectivity index (χ2v) is 3.91. The van der Waals surface area contributed by atoms with Crippen molar-refractivity contribution in [2.24, 2.45) is 0 Å². The van der Waals surface area contributed by atoms with E-state index in [0.717, 1.165) is 5.56 Å². The Morgan fingerprint density at radius 3 is 2.73 bits per heavy atom. The van der Waals surface area contributed by atoms with E-state index in [1.54, 1.807) is 6.08 Å². The summed E-state index contributed by atoms with van der Waals surface area (Å²) in [4.78, 5) is 11.3. The van der Waals surface area contributed by atoms with Gasteiger partial charge in [0.05, 0.1) is 0 Å². The van der Waals surface area contributed by atoms with Crippen LogP contribution in [0.2, 0.25) is 0 Å². The first-order valence-electron chi connectivity index (χ1n) is 5.13. The number of hydrogen-bond acceptors (Lipinski definition) is 1. The van der Waals surface area contributed by atoms with Crippen molar-refractivity contribution in [1.29, 1.82) is 0 Å². The zero-order valence-corrected chi connectivity index (χ0v) is 9.45. The molecule has 0 saturated carbocycles. The van der Waals surface area contributed by atoms with Gasteiger partial charge in [-0.1, -0.05) is 29.8 Å². The Labute approximate surface area is 91.0 Å². The maximum atomic E-state index is 11.3. The third-order valence-corrected chi connectivity index (χ3v) is 1.90. The molecule has 0 aliphatic rings. The van der Waals surface area contributed by atoms with Crippen molar-refractivity contribution in [3.05, 3.63) is 41.5 Å². The smallest absolute Gasteiger partial charge is 0.244 e. The Balaban J connectivity index is 2.61. The first kappa shape index (κ1) is 11.5. The predicted molar refractivity (Wildman–Crippen MR) is 63.5 cm³/mol. The molecule has 0 aliphatic carbocycles. The predicted octanol–water partition coefficient (Wildman–Crippen LogP) is 2.53. The molecular formula is C13H17NO. The molecule has 1 aromatic carbocycles. The first-order chi connectivity index (χ1) is 7.08. The fraction of sp³-hybridized carbons (Fsp3) is 0.308. The highest BCUT2D eigenvalue weighted by Gasteiger charge is 1.97. The molecule has 1 aromatic rings. The minimum absolute atomic E-state index is 0.0495. The molecular weight excluding hydrogens is 186 g/mol. The molecule has 2 nitrogen and oxygen atoms in total. The Hall–Kier alpha value is -1.57. The minimum atomic E-state index is -0.0495. The lowest BCUT2D eigenvalue weighted by Crippen LogP contribution is -2.28. The van der Waals surface area contributed by atoms with E-state index in [9.17, 15) is 4.79 Å². The number of aryl methyl sites for hydroxylation is 1. The average molecular weight is 203 g/mol. The number of carbonyl (C=O) groups excluding carboxylic acids is 1. The maximum Gasteiger partial charge on any atom is 0.244 e. The molecule has 0 saturated heterocycles. The second kappa shape index (κ2) is 5.35. The molecule has 0 fully saturated rings. The summed E-state index contributed by atoms with van der Waals surface area (Å²) in [5.74, 6) is -0.0495. The van der Waals surface area contributed by atoms with E-state index in [1.165, 1.54) is 5.56 Å². The number of rotatable bonds is 3. The molecule has 0 bridgehead atoms. The average Bonchev–Trinajstić information content (AvgIpc) is 2.14. The second-order valence-electron chi connectivity index (χ2n) is 3.91. The zero-order valence-electron chi connectivity index (χ0n) is 9.45. The summed E-state index contributed by atoms with van der Waals surface area (Å²) >= 11 is 0. The molecule has 0 aliphatic heterocycles. The molecule has 1 N–H and O–H groups in total. The van der Waals surface area contributed by atoms with Crippen LogP contribution in [0.1, 0.15) is 25.0 Å². The van der Waals surface area contributed by atoms with Crippen LogP contribution in [0.15, 0.2) is 30.3 Å². The number of benzene rings is 1. The highest BCUT2D eigenvalue weighted by Crippen LogP contribution is 2.05. The van der Waals surface area contributed by atoms with E-state index in [2.05, 4.69) is 5.32 Å². The van der Waals surface area contributed by atoms with Crippen LogP contribution < -0.4 is 5.32 Å². The van der Waals surface area contributed by atoms with Crippen molar-refractivity contribution in [3.63, 3.8) is 0 Å². The fourth-order valence-electron chi connectivity index (χ4n) is 1.28. The lowest BCUT2D eigenvalue weighted by Gasteiger charge is -2.04. The summed E-state index contributed by atoms with van der Waals surface area (Å²) in [6.07, 6.45) is 3.39. The molecule has 0 unspecified atom stereocenters. The number of hydrogen-bond donors (Lipinski definition) is 1. The van der Waals surface area contributed by atoms with E-state index < -0.39 is 0 Å². The van der Waals surface area contributed by atoms with E-state index in [0.29, 0.717) is 0 Å². The van der Waals surface area contributed by atoms with Gasteiger partial charge in [0.2, 0.25) is 5.91 Å². The van der Waals surface area contributed by atoms with Crippen LogP contribution in [-0.4, -0.2) is 11.9 Å². The Bertz CT molecular complexity index is 367. The molecule has 0 aromatic heterocycles. The minimum Gasteiger partial charge on any atom is -0.350 e. The molecule has 0 spiro atoms. The number of nitrogens with one attached hydrogen (secondary N) is 1. The van der Waals surface area contributed by atoms with E-state index in [1.807, 2.05) is 51.1 Å². The lowest BCUT2D eigenvalue weighted by atomic mass is 10.1. The molecule has 15 heavy (non-hydrogen) atoms. The Kier molecular flexibility index (Phi) is 4.10. The van der Waals surface area contributed by atoms with Gasteiger partial charge in [-0.05, 0) is 32.4 Å². The number of amides is 1. The highest BCUT2D eigenvalue weighted by atomic mass is 16.1. The van der Waals surface area contributed by atoms with E-state index >= 15 is 0 Å². The normalized spacial score (nSPS) is 10.9. The molecule has 0 radical (unpaired) electrons. The van der Waals surface area contributed by atoms with Gasteiger partial charge in [-0.3, -0.25) is 4.79 Å². The third-order valence-electron chi connectivity index (χ3n) is 1.90. The van der Waals surface area contributed by atoms with Crippen molar-refractivity contribution in [1.82, 2.24) is 5.32 Å². The molecule has 0 atom stereocenters. The molecule has 1 amide bonds. The van der Waals surface area contributed by atoms with Gasteiger partial charge in [-0.2, -0.15) is 0 Å². The maximum absolute atomic E-state index is 11.3. The highest BCUT2D eigenvalue weighted by molar-refractivity contribution is 5.91. The van der Waals surface area contributed by atoms with Crippen molar-refractivity contribution in [3.8, 4) is 0 Å². The largest absolute Gasteiger partial charge is 0.350 e. The van der Waals surface area contributed by atoms with Crippen LogP contribution in [0.3, 0.4) is 0 Å². The summed E-state index contributed by atoms with van der Waals surface area (Å²) in [6.45, 7) is 5.92. The SMILES string of the molecule is Cc1cccc(/C=C/C(=O)NC(C)C)c1. The van der Waals surface area contributed by atoms with Crippen LogP contribution in [-0.2, 0) is 4.79 Å². The molecule has 2 heteroatoms. The van der Waals surface area contributed by atoms with Gasteiger partial charge >= 0.3 is 0 Å². The first-order valence-corrected chi connectivity index (χ1v) is 5.13. The van der Waals surface area contributed by atoms with Gasteiger partial charge in [-0.25, -0.2) is 0 Å². The zero-order chi connectivity index (χ0) is 11.3. The Morgan fingerprint density at radius 1 is 1.40 bits per heavy atom. The van der Waals surface area contributed by atoms with E-state index in [-0.39, 0.29) is 11.9 Å².